The standard InChI is InChI=1S/C12H14FN3O4/c1-3-14-7-15(6-11(14)17)10-5-8(20-2)4-9(13)12(10)16(18)19/h4-5H,3,6-7H2,1-2H3. The summed E-state index contributed by atoms with van der Waals surface area (Å²) < 4.78 is 18.8. The second-order valence-electron chi connectivity index (χ2n) is 4.32. The van der Waals surface area contributed by atoms with Crippen molar-refractivity contribution in [2.45, 2.75) is 6.92 Å². The maximum Gasteiger partial charge on any atom is 0.328 e. The molecule has 20 heavy (non-hydrogen) atoms. The van der Waals surface area contributed by atoms with Crippen molar-refractivity contribution in [1.82, 2.24) is 4.90 Å². The molecule has 7 nitrogen and oxygen atoms in total. The van der Waals surface area contributed by atoms with E-state index >= 15 is 0 Å². The van der Waals surface area contributed by atoms with Gasteiger partial charge in [0.25, 0.3) is 0 Å². The Labute approximate surface area is 114 Å². The molecule has 0 bridgehead atoms. The summed E-state index contributed by atoms with van der Waals surface area (Å²) in [5.74, 6) is -0.956. The number of likely N-dealkylation sites (N-methyl/N-ethyl adjacent to an activating group) is 1. The lowest BCUT2D eigenvalue weighted by molar-refractivity contribution is -0.386. The minimum Gasteiger partial charge on any atom is -0.497 e. The van der Waals surface area contributed by atoms with Crippen LogP contribution in [-0.2, 0) is 4.79 Å². The summed E-state index contributed by atoms with van der Waals surface area (Å²) in [7, 11) is 1.35. The van der Waals surface area contributed by atoms with E-state index in [1.807, 2.05) is 6.92 Å². The second kappa shape index (κ2) is 5.32. The van der Waals surface area contributed by atoms with E-state index in [0.29, 0.717) is 6.54 Å². The minimum absolute atomic E-state index is 0.0126. The van der Waals surface area contributed by atoms with Crippen LogP contribution in [0.3, 0.4) is 0 Å². The first-order valence-corrected chi connectivity index (χ1v) is 6.02. The van der Waals surface area contributed by atoms with Gasteiger partial charge in [-0.25, -0.2) is 0 Å². The Bertz CT molecular complexity index is 564. The third-order valence-corrected chi connectivity index (χ3v) is 3.18. The van der Waals surface area contributed by atoms with Gasteiger partial charge in [0.2, 0.25) is 11.7 Å². The topological polar surface area (TPSA) is 75.9 Å². The van der Waals surface area contributed by atoms with Gasteiger partial charge in [-0.15, -0.1) is 0 Å². The summed E-state index contributed by atoms with van der Waals surface area (Å²) in [5, 5.41) is 11.0. The monoisotopic (exact) mass is 283 g/mol. The van der Waals surface area contributed by atoms with Gasteiger partial charge < -0.3 is 14.5 Å². The Hall–Kier alpha value is -2.38. The van der Waals surface area contributed by atoms with Gasteiger partial charge in [-0.3, -0.25) is 14.9 Å². The Morgan fingerprint density at radius 3 is 2.70 bits per heavy atom. The highest BCUT2D eigenvalue weighted by molar-refractivity contribution is 5.86. The van der Waals surface area contributed by atoms with Crippen LogP contribution in [0.15, 0.2) is 12.1 Å². The summed E-state index contributed by atoms with van der Waals surface area (Å²) in [5.41, 5.74) is -0.590. The van der Waals surface area contributed by atoms with Crippen LogP contribution >= 0.6 is 0 Å². The average molecular weight is 283 g/mol. The van der Waals surface area contributed by atoms with Crippen LogP contribution in [0.2, 0.25) is 0 Å². The number of carbonyl (C=O) groups is 1. The largest absolute Gasteiger partial charge is 0.497 e. The third kappa shape index (κ3) is 2.36. The van der Waals surface area contributed by atoms with Gasteiger partial charge in [-0.05, 0) is 6.92 Å². The number of hydrogen-bond donors (Lipinski definition) is 0. The normalized spacial score (nSPS) is 14.8. The SMILES string of the molecule is CCN1CN(c2cc(OC)cc(F)c2[N+](=O)[O-])CC1=O. The van der Waals surface area contributed by atoms with Crippen molar-refractivity contribution in [2.24, 2.45) is 0 Å². The summed E-state index contributed by atoms with van der Waals surface area (Å²) in [6, 6.07) is 2.32. The number of nitro benzene ring substituents is 1. The zero-order valence-corrected chi connectivity index (χ0v) is 11.1. The fraction of sp³-hybridized carbons (Fsp3) is 0.417. The lowest BCUT2D eigenvalue weighted by Gasteiger charge is -2.19. The van der Waals surface area contributed by atoms with Crippen LogP contribution in [0, 0.1) is 15.9 Å². The van der Waals surface area contributed by atoms with Crippen molar-refractivity contribution >= 4 is 17.3 Å². The summed E-state index contributed by atoms with van der Waals surface area (Å²) in [6.07, 6.45) is 0. The molecule has 1 aliphatic heterocycles. The van der Waals surface area contributed by atoms with Crippen molar-refractivity contribution in [1.29, 1.82) is 0 Å². The molecule has 2 rings (SSSR count). The lowest BCUT2D eigenvalue weighted by atomic mass is 10.2. The maximum atomic E-state index is 13.8. The molecule has 1 aromatic rings. The van der Waals surface area contributed by atoms with Crippen molar-refractivity contribution in [3.8, 4) is 5.75 Å². The van der Waals surface area contributed by atoms with E-state index in [1.165, 1.54) is 23.0 Å². The van der Waals surface area contributed by atoms with Crippen molar-refractivity contribution in [2.75, 3.05) is 31.8 Å². The number of halogens is 1. The molecule has 0 unspecified atom stereocenters. The predicted octanol–water partition coefficient (Wildman–Crippen LogP) is 1.37. The molecule has 0 atom stereocenters. The highest BCUT2D eigenvalue weighted by Crippen LogP contribution is 2.36. The van der Waals surface area contributed by atoms with Gasteiger partial charge in [0.15, 0.2) is 0 Å². The first-order chi connectivity index (χ1) is 9.47. The van der Waals surface area contributed by atoms with Crippen LogP contribution < -0.4 is 9.64 Å². The highest BCUT2D eigenvalue weighted by atomic mass is 19.1. The van der Waals surface area contributed by atoms with Gasteiger partial charge in [-0.2, -0.15) is 4.39 Å². The zero-order valence-electron chi connectivity index (χ0n) is 11.1. The number of ether oxygens (including phenoxy) is 1. The van der Waals surface area contributed by atoms with Gasteiger partial charge in [0.05, 0.1) is 25.2 Å². The van der Waals surface area contributed by atoms with Crippen molar-refractivity contribution < 1.29 is 18.8 Å². The van der Waals surface area contributed by atoms with E-state index in [4.69, 9.17) is 4.74 Å². The van der Waals surface area contributed by atoms with E-state index < -0.39 is 16.4 Å². The molecule has 0 aliphatic carbocycles. The lowest BCUT2D eigenvalue weighted by Crippen LogP contribution is -2.27. The Morgan fingerprint density at radius 2 is 2.20 bits per heavy atom. The number of benzene rings is 1. The quantitative estimate of drug-likeness (QED) is 0.616. The van der Waals surface area contributed by atoms with E-state index in [2.05, 4.69) is 0 Å². The van der Waals surface area contributed by atoms with E-state index in [9.17, 15) is 19.3 Å². The van der Waals surface area contributed by atoms with Gasteiger partial charge in [0.1, 0.15) is 11.4 Å². The van der Waals surface area contributed by atoms with Crippen LogP contribution in [0.1, 0.15) is 6.92 Å². The number of rotatable bonds is 4. The molecule has 108 valence electrons. The highest BCUT2D eigenvalue weighted by Gasteiger charge is 2.33. The number of anilines is 1. The molecular weight excluding hydrogens is 269 g/mol. The molecule has 0 saturated carbocycles. The van der Waals surface area contributed by atoms with Crippen molar-refractivity contribution in [3.63, 3.8) is 0 Å². The molecule has 1 aromatic carbocycles. The fourth-order valence-corrected chi connectivity index (χ4v) is 2.14. The first kappa shape index (κ1) is 14.0. The van der Waals surface area contributed by atoms with Crippen LogP contribution in [0.25, 0.3) is 0 Å². The molecule has 8 heteroatoms. The number of nitrogens with zero attached hydrogens (tertiary/aromatic N) is 3. The number of amides is 1. The zero-order chi connectivity index (χ0) is 14.9. The summed E-state index contributed by atoms with van der Waals surface area (Å²) in [6.45, 7) is 2.49. The van der Waals surface area contributed by atoms with Crippen molar-refractivity contribution in [3.05, 3.63) is 28.1 Å². The molecular formula is C12H14FN3O4. The molecule has 0 radical (unpaired) electrons. The third-order valence-electron chi connectivity index (χ3n) is 3.18. The molecule has 1 fully saturated rings. The molecule has 1 amide bonds. The van der Waals surface area contributed by atoms with Crippen LogP contribution in [0.5, 0.6) is 5.75 Å². The minimum atomic E-state index is -0.980. The van der Waals surface area contributed by atoms with Gasteiger partial charge >= 0.3 is 5.69 Å². The fourth-order valence-electron chi connectivity index (χ4n) is 2.14. The molecule has 1 aliphatic rings. The Balaban J connectivity index is 2.47. The van der Waals surface area contributed by atoms with Crippen LogP contribution in [-0.4, -0.2) is 42.6 Å². The second-order valence-corrected chi connectivity index (χ2v) is 4.32. The molecule has 1 saturated heterocycles. The summed E-state index contributed by atoms with van der Waals surface area (Å²) in [4.78, 5) is 24.9. The number of nitro groups is 1. The van der Waals surface area contributed by atoms with Gasteiger partial charge in [-0.1, -0.05) is 0 Å². The number of hydrogen-bond acceptors (Lipinski definition) is 5. The average Bonchev–Trinajstić information content (AvgIpc) is 2.78. The van der Waals surface area contributed by atoms with Crippen LogP contribution in [0.4, 0.5) is 15.8 Å². The number of methoxy groups -OCH3 is 1. The maximum absolute atomic E-state index is 13.8. The molecule has 0 spiro atoms. The Kier molecular flexibility index (Phi) is 3.73. The molecule has 0 aromatic heterocycles. The number of carbonyl (C=O) groups excluding carboxylic acids is 1. The summed E-state index contributed by atoms with van der Waals surface area (Å²) >= 11 is 0. The van der Waals surface area contributed by atoms with E-state index in [-0.39, 0.29) is 30.6 Å². The van der Waals surface area contributed by atoms with E-state index in [1.54, 1.807) is 0 Å². The smallest absolute Gasteiger partial charge is 0.328 e. The molecule has 1 heterocycles. The van der Waals surface area contributed by atoms with Gasteiger partial charge in [0, 0.05) is 18.7 Å². The molecule has 0 N–H and O–H groups in total. The first-order valence-electron chi connectivity index (χ1n) is 6.02. The van der Waals surface area contributed by atoms with E-state index in [0.717, 1.165) is 6.07 Å². The predicted molar refractivity (Wildman–Crippen MR) is 69.2 cm³/mol. The Morgan fingerprint density at radius 1 is 1.50 bits per heavy atom.